The average Bonchev–Trinajstić information content (AvgIpc) is 2.12. The molecule has 0 saturated heterocycles. The predicted molar refractivity (Wildman–Crippen MR) is 58.5 cm³/mol. The third-order valence-corrected chi connectivity index (χ3v) is 2.81. The van der Waals surface area contributed by atoms with Crippen molar-refractivity contribution in [1.82, 2.24) is 0 Å². The maximum Gasteiger partial charge on any atom is 0.417 e. The standard InChI is InChI=1S/C10H8F3IO/c11-10(12,13)9-7(4-2-6-15)3-1-5-8(9)14/h1,3,5-6H,2,4H2. The molecule has 15 heavy (non-hydrogen) atoms. The van der Waals surface area contributed by atoms with Gasteiger partial charge in [-0.1, -0.05) is 12.1 Å². The summed E-state index contributed by atoms with van der Waals surface area (Å²) < 4.78 is 38.1. The Morgan fingerprint density at radius 1 is 1.33 bits per heavy atom. The molecule has 5 heteroatoms. The van der Waals surface area contributed by atoms with E-state index < -0.39 is 11.7 Å². The lowest BCUT2D eigenvalue weighted by molar-refractivity contribution is -0.139. The fraction of sp³-hybridized carbons (Fsp3) is 0.300. The number of hydrogen-bond acceptors (Lipinski definition) is 1. The second-order valence-electron chi connectivity index (χ2n) is 2.98. The molecule has 0 fully saturated rings. The lowest BCUT2D eigenvalue weighted by Crippen LogP contribution is -2.11. The Morgan fingerprint density at radius 3 is 2.53 bits per heavy atom. The van der Waals surface area contributed by atoms with Gasteiger partial charge in [-0.25, -0.2) is 0 Å². The maximum absolute atomic E-state index is 12.6. The van der Waals surface area contributed by atoms with Crippen molar-refractivity contribution >= 4 is 28.9 Å². The SMILES string of the molecule is O=CCCc1cccc(I)c1C(F)(F)F. The fourth-order valence-electron chi connectivity index (χ4n) is 1.31. The van der Waals surface area contributed by atoms with Crippen LogP contribution in [0.2, 0.25) is 0 Å². The Labute approximate surface area is 98.8 Å². The molecule has 0 aromatic heterocycles. The lowest BCUT2D eigenvalue weighted by Gasteiger charge is -2.13. The van der Waals surface area contributed by atoms with Gasteiger partial charge in [0.25, 0.3) is 0 Å². The Kier molecular flexibility index (Phi) is 4.12. The van der Waals surface area contributed by atoms with Crippen LogP contribution in [0.3, 0.4) is 0 Å². The van der Waals surface area contributed by atoms with Gasteiger partial charge < -0.3 is 4.79 Å². The molecule has 1 nitrogen and oxygen atoms in total. The molecule has 1 aromatic rings. The summed E-state index contributed by atoms with van der Waals surface area (Å²) in [6.45, 7) is 0. The molecule has 0 bridgehead atoms. The summed E-state index contributed by atoms with van der Waals surface area (Å²) in [5.74, 6) is 0. The van der Waals surface area contributed by atoms with Crippen molar-refractivity contribution in [2.75, 3.05) is 0 Å². The molecule has 0 amide bonds. The van der Waals surface area contributed by atoms with Crippen LogP contribution >= 0.6 is 22.6 Å². The number of aldehydes is 1. The van der Waals surface area contributed by atoms with Gasteiger partial charge in [-0.3, -0.25) is 0 Å². The van der Waals surface area contributed by atoms with Gasteiger partial charge in [0.05, 0.1) is 5.56 Å². The van der Waals surface area contributed by atoms with Crippen LogP contribution in [0.5, 0.6) is 0 Å². The normalized spacial score (nSPS) is 11.5. The number of rotatable bonds is 3. The van der Waals surface area contributed by atoms with Gasteiger partial charge in [0, 0.05) is 9.99 Å². The minimum Gasteiger partial charge on any atom is -0.303 e. The molecule has 0 spiro atoms. The first-order valence-corrected chi connectivity index (χ1v) is 5.33. The van der Waals surface area contributed by atoms with E-state index in [1.807, 2.05) is 0 Å². The summed E-state index contributed by atoms with van der Waals surface area (Å²) in [5.41, 5.74) is -0.436. The van der Waals surface area contributed by atoms with E-state index >= 15 is 0 Å². The number of halogens is 4. The predicted octanol–water partition coefficient (Wildman–Crippen LogP) is 3.44. The Hall–Kier alpha value is -0.590. The molecule has 0 aliphatic heterocycles. The highest BCUT2D eigenvalue weighted by Crippen LogP contribution is 2.35. The van der Waals surface area contributed by atoms with E-state index in [4.69, 9.17) is 0 Å². The highest BCUT2D eigenvalue weighted by atomic mass is 127. The third-order valence-electron chi connectivity index (χ3n) is 1.91. The number of carbonyl (C=O) groups excluding carboxylic acids is 1. The van der Waals surface area contributed by atoms with E-state index in [0.717, 1.165) is 0 Å². The van der Waals surface area contributed by atoms with Crippen molar-refractivity contribution in [2.45, 2.75) is 19.0 Å². The van der Waals surface area contributed by atoms with Crippen molar-refractivity contribution in [2.24, 2.45) is 0 Å². The molecule has 0 unspecified atom stereocenters. The van der Waals surface area contributed by atoms with Crippen LogP contribution in [0, 0.1) is 3.57 Å². The number of carbonyl (C=O) groups is 1. The number of benzene rings is 1. The molecular formula is C10H8F3IO. The number of aryl methyl sites for hydroxylation is 1. The largest absolute Gasteiger partial charge is 0.417 e. The van der Waals surface area contributed by atoms with Crippen LogP contribution in [-0.2, 0) is 17.4 Å². The molecule has 0 N–H and O–H groups in total. The highest BCUT2D eigenvalue weighted by molar-refractivity contribution is 14.1. The average molecular weight is 328 g/mol. The number of alkyl halides is 3. The second kappa shape index (κ2) is 4.96. The fourth-order valence-corrected chi connectivity index (χ4v) is 2.17. The summed E-state index contributed by atoms with van der Waals surface area (Å²) in [5, 5.41) is 0. The van der Waals surface area contributed by atoms with E-state index in [1.54, 1.807) is 28.7 Å². The summed E-state index contributed by atoms with van der Waals surface area (Å²) in [4.78, 5) is 10.1. The number of hydrogen-bond donors (Lipinski definition) is 0. The van der Waals surface area contributed by atoms with Crippen LogP contribution in [0.15, 0.2) is 18.2 Å². The summed E-state index contributed by atoms with van der Waals surface area (Å²) in [7, 11) is 0. The third kappa shape index (κ3) is 3.19. The van der Waals surface area contributed by atoms with Gasteiger partial charge in [0.2, 0.25) is 0 Å². The minimum atomic E-state index is -4.35. The molecule has 1 rings (SSSR count). The Bertz CT molecular complexity index is 360. The van der Waals surface area contributed by atoms with E-state index in [0.29, 0.717) is 6.29 Å². The van der Waals surface area contributed by atoms with E-state index in [2.05, 4.69) is 0 Å². The lowest BCUT2D eigenvalue weighted by atomic mass is 10.0. The second-order valence-corrected chi connectivity index (χ2v) is 4.14. The molecule has 0 heterocycles. The van der Waals surface area contributed by atoms with E-state index in [-0.39, 0.29) is 22.0 Å². The van der Waals surface area contributed by atoms with Gasteiger partial charge in [0.15, 0.2) is 0 Å². The first kappa shape index (κ1) is 12.5. The highest BCUT2D eigenvalue weighted by Gasteiger charge is 2.35. The molecule has 0 radical (unpaired) electrons. The van der Waals surface area contributed by atoms with Crippen LogP contribution in [-0.4, -0.2) is 6.29 Å². The molecule has 0 aliphatic rings. The molecular weight excluding hydrogens is 320 g/mol. The van der Waals surface area contributed by atoms with Crippen LogP contribution in [0.4, 0.5) is 13.2 Å². The topological polar surface area (TPSA) is 17.1 Å². The van der Waals surface area contributed by atoms with Gasteiger partial charge in [0.1, 0.15) is 6.29 Å². The zero-order valence-electron chi connectivity index (χ0n) is 7.64. The molecule has 82 valence electrons. The molecule has 0 atom stereocenters. The van der Waals surface area contributed by atoms with Crippen molar-refractivity contribution in [1.29, 1.82) is 0 Å². The van der Waals surface area contributed by atoms with Crippen LogP contribution in [0.1, 0.15) is 17.5 Å². The van der Waals surface area contributed by atoms with Crippen molar-refractivity contribution < 1.29 is 18.0 Å². The summed E-state index contributed by atoms with van der Waals surface area (Å²) in [6, 6.07) is 4.39. The maximum atomic E-state index is 12.6. The van der Waals surface area contributed by atoms with Crippen LogP contribution < -0.4 is 0 Å². The van der Waals surface area contributed by atoms with Gasteiger partial charge in [-0.2, -0.15) is 13.2 Å². The smallest absolute Gasteiger partial charge is 0.303 e. The molecule has 0 aliphatic carbocycles. The molecule has 0 saturated carbocycles. The van der Waals surface area contributed by atoms with E-state index in [1.165, 1.54) is 12.1 Å². The first-order chi connectivity index (χ1) is 6.96. The van der Waals surface area contributed by atoms with Crippen LogP contribution in [0.25, 0.3) is 0 Å². The molecule has 1 aromatic carbocycles. The van der Waals surface area contributed by atoms with Gasteiger partial charge >= 0.3 is 6.18 Å². The Balaban J connectivity index is 3.14. The van der Waals surface area contributed by atoms with Gasteiger partial charge in [-0.05, 0) is 40.6 Å². The minimum absolute atomic E-state index is 0.114. The zero-order valence-corrected chi connectivity index (χ0v) is 9.80. The van der Waals surface area contributed by atoms with Crippen molar-refractivity contribution in [3.8, 4) is 0 Å². The quantitative estimate of drug-likeness (QED) is 0.614. The summed E-state index contributed by atoms with van der Waals surface area (Å²) in [6.07, 6.45) is -3.48. The first-order valence-electron chi connectivity index (χ1n) is 4.25. The summed E-state index contributed by atoms with van der Waals surface area (Å²) >= 11 is 1.65. The monoisotopic (exact) mass is 328 g/mol. The van der Waals surface area contributed by atoms with Crippen molar-refractivity contribution in [3.63, 3.8) is 0 Å². The Morgan fingerprint density at radius 2 is 2.00 bits per heavy atom. The van der Waals surface area contributed by atoms with Crippen molar-refractivity contribution in [3.05, 3.63) is 32.9 Å². The van der Waals surface area contributed by atoms with E-state index in [9.17, 15) is 18.0 Å². The zero-order chi connectivity index (χ0) is 11.5. The van der Waals surface area contributed by atoms with Gasteiger partial charge in [-0.15, -0.1) is 0 Å².